The van der Waals surface area contributed by atoms with Gasteiger partial charge in [-0.25, -0.2) is 18.7 Å². The first kappa shape index (κ1) is 20.3. The molecule has 2 aromatic rings. The minimum atomic E-state index is -4.33. The number of hydrogen-bond donors (Lipinski definition) is 0. The van der Waals surface area contributed by atoms with Crippen molar-refractivity contribution in [3.8, 4) is 0 Å². The van der Waals surface area contributed by atoms with Crippen LogP contribution in [0.4, 0.5) is 27.8 Å². The predicted molar refractivity (Wildman–Crippen MR) is 90.1 cm³/mol. The molecule has 0 radical (unpaired) electrons. The van der Waals surface area contributed by atoms with Crippen LogP contribution in [0.25, 0.3) is 10.9 Å². The molecule has 0 saturated carbocycles. The van der Waals surface area contributed by atoms with Crippen LogP contribution in [0.3, 0.4) is 0 Å². The maximum Gasteiger partial charge on any atom is 0.390 e. The van der Waals surface area contributed by atoms with Crippen LogP contribution in [-0.2, 0) is 0 Å². The van der Waals surface area contributed by atoms with Crippen molar-refractivity contribution in [3.05, 3.63) is 30.1 Å². The molecule has 0 aliphatic carbocycles. The van der Waals surface area contributed by atoms with Gasteiger partial charge in [0, 0.05) is 31.1 Å². The molecule has 0 N–H and O–H groups in total. The smallest absolute Gasteiger partial charge is 0.354 e. The van der Waals surface area contributed by atoms with Crippen molar-refractivity contribution in [2.24, 2.45) is 0 Å². The molecule has 0 bridgehead atoms. The van der Waals surface area contributed by atoms with E-state index in [1.807, 2.05) is 13.8 Å². The normalized spacial score (nSPS) is 12.2. The van der Waals surface area contributed by atoms with Crippen molar-refractivity contribution < 1.29 is 22.0 Å². The molecule has 4 nitrogen and oxygen atoms in total. The van der Waals surface area contributed by atoms with Gasteiger partial charge in [0.15, 0.2) is 11.6 Å². The van der Waals surface area contributed by atoms with Gasteiger partial charge in [-0.3, -0.25) is 0 Å². The number of benzene rings is 1. The number of aromatic nitrogens is 2. The van der Waals surface area contributed by atoms with Crippen molar-refractivity contribution in [1.82, 2.24) is 14.9 Å². The van der Waals surface area contributed by atoms with Crippen molar-refractivity contribution in [1.29, 1.82) is 0 Å². The first-order chi connectivity index (χ1) is 12.2. The molecule has 0 aliphatic heterocycles. The summed E-state index contributed by atoms with van der Waals surface area (Å²) in [6.07, 6.45) is -4.21. The SMILES string of the molecule is CCN(CC)CCN(CCC(F)(F)F)c1ncnc2cc(F)c(F)cc12. The molecule has 0 fully saturated rings. The molecule has 0 atom stereocenters. The first-order valence-electron chi connectivity index (χ1n) is 8.39. The Morgan fingerprint density at radius 3 is 2.19 bits per heavy atom. The van der Waals surface area contributed by atoms with Crippen LogP contribution in [0.5, 0.6) is 0 Å². The van der Waals surface area contributed by atoms with Crippen LogP contribution in [-0.4, -0.2) is 53.8 Å². The number of rotatable bonds is 8. The van der Waals surface area contributed by atoms with E-state index in [1.165, 1.54) is 4.90 Å². The Bertz CT molecular complexity index is 731. The fraction of sp³-hybridized carbons (Fsp3) is 0.529. The highest BCUT2D eigenvalue weighted by Gasteiger charge is 2.28. The van der Waals surface area contributed by atoms with Crippen LogP contribution >= 0.6 is 0 Å². The van der Waals surface area contributed by atoms with Crippen LogP contribution in [0.15, 0.2) is 18.5 Å². The largest absolute Gasteiger partial charge is 0.390 e. The third kappa shape index (κ3) is 5.23. The van der Waals surface area contributed by atoms with Crippen LogP contribution in [0.2, 0.25) is 0 Å². The van der Waals surface area contributed by atoms with Crippen LogP contribution in [0.1, 0.15) is 20.3 Å². The van der Waals surface area contributed by atoms with E-state index in [1.54, 1.807) is 0 Å². The number of hydrogen-bond acceptors (Lipinski definition) is 4. The molecule has 1 aromatic heterocycles. The molecule has 0 unspecified atom stereocenters. The Morgan fingerprint density at radius 1 is 0.923 bits per heavy atom. The third-order valence-electron chi connectivity index (χ3n) is 4.20. The van der Waals surface area contributed by atoms with E-state index in [9.17, 15) is 22.0 Å². The molecule has 144 valence electrons. The maximum absolute atomic E-state index is 13.7. The molecule has 26 heavy (non-hydrogen) atoms. The summed E-state index contributed by atoms with van der Waals surface area (Å²) in [6, 6.07) is 1.85. The van der Waals surface area contributed by atoms with Gasteiger partial charge in [0.05, 0.1) is 11.9 Å². The molecule has 1 aromatic carbocycles. The highest BCUT2D eigenvalue weighted by Crippen LogP contribution is 2.27. The van der Waals surface area contributed by atoms with Crippen molar-refractivity contribution in [2.45, 2.75) is 26.4 Å². The van der Waals surface area contributed by atoms with Crippen molar-refractivity contribution >= 4 is 16.7 Å². The minimum Gasteiger partial charge on any atom is -0.354 e. The fourth-order valence-corrected chi connectivity index (χ4v) is 2.68. The Hall–Kier alpha value is -2.03. The van der Waals surface area contributed by atoms with Crippen molar-refractivity contribution in [2.75, 3.05) is 37.6 Å². The average Bonchev–Trinajstić information content (AvgIpc) is 2.58. The van der Waals surface area contributed by atoms with Crippen LogP contribution < -0.4 is 4.90 Å². The fourth-order valence-electron chi connectivity index (χ4n) is 2.68. The zero-order chi connectivity index (χ0) is 19.3. The zero-order valence-corrected chi connectivity index (χ0v) is 14.7. The van der Waals surface area contributed by atoms with E-state index < -0.39 is 24.2 Å². The lowest BCUT2D eigenvalue weighted by molar-refractivity contribution is -0.132. The van der Waals surface area contributed by atoms with E-state index in [-0.39, 0.29) is 29.8 Å². The first-order valence-corrected chi connectivity index (χ1v) is 8.39. The summed E-state index contributed by atoms with van der Waals surface area (Å²) in [6.45, 7) is 5.92. The van der Waals surface area contributed by atoms with E-state index in [0.29, 0.717) is 6.54 Å². The Labute approximate surface area is 148 Å². The Kier molecular flexibility index (Phi) is 6.69. The Balaban J connectivity index is 2.36. The van der Waals surface area contributed by atoms with Gasteiger partial charge in [0.1, 0.15) is 12.1 Å². The van der Waals surface area contributed by atoms with E-state index in [2.05, 4.69) is 14.9 Å². The van der Waals surface area contributed by atoms with Gasteiger partial charge in [0.25, 0.3) is 0 Å². The monoisotopic (exact) mass is 376 g/mol. The average molecular weight is 376 g/mol. The van der Waals surface area contributed by atoms with E-state index >= 15 is 0 Å². The third-order valence-corrected chi connectivity index (χ3v) is 4.20. The summed E-state index contributed by atoms with van der Waals surface area (Å²) >= 11 is 0. The van der Waals surface area contributed by atoms with E-state index in [4.69, 9.17) is 0 Å². The number of likely N-dealkylation sites (N-methyl/N-ethyl adjacent to an activating group) is 1. The number of nitrogens with zero attached hydrogens (tertiary/aromatic N) is 4. The van der Waals surface area contributed by atoms with Gasteiger partial charge in [-0.05, 0) is 19.2 Å². The molecule has 0 aliphatic rings. The zero-order valence-electron chi connectivity index (χ0n) is 14.7. The highest BCUT2D eigenvalue weighted by molar-refractivity contribution is 5.89. The summed E-state index contributed by atoms with van der Waals surface area (Å²) in [5, 5.41) is 0.188. The second-order valence-corrected chi connectivity index (χ2v) is 5.86. The maximum atomic E-state index is 13.7. The quantitative estimate of drug-likeness (QED) is 0.652. The molecular weight excluding hydrogens is 355 g/mol. The lowest BCUT2D eigenvalue weighted by Crippen LogP contribution is -2.37. The van der Waals surface area contributed by atoms with Gasteiger partial charge in [0.2, 0.25) is 0 Å². The van der Waals surface area contributed by atoms with Gasteiger partial charge in [-0.15, -0.1) is 0 Å². The number of fused-ring (bicyclic) bond motifs is 1. The number of halogens is 5. The van der Waals surface area contributed by atoms with Gasteiger partial charge in [-0.1, -0.05) is 13.8 Å². The molecule has 0 amide bonds. The van der Waals surface area contributed by atoms with Gasteiger partial charge >= 0.3 is 6.18 Å². The molecular formula is C17H21F5N4. The predicted octanol–water partition coefficient (Wildman–Crippen LogP) is 4.01. The topological polar surface area (TPSA) is 32.3 Å². The summed E-state index contributed by atoms with van der Waals surface area (Å²) in [5.41, 5.74) is 0.147. The molecule has 2 rings (SSSR count). The lowest BCUT2D eigenvalue weighted by Gasteiger charge is -2.28. The van der Waals surface area contributed by atoms with E-state index in [0.717, 1.165) is 31.5 Å². The van der Waals surface area contributed by atoms with Crippen molar-refractivity contribution in [3.63, 3.8) is 0 Å². The summed E-state index contributed by atoms with van der Waals surface area (Å²) in [4.78, 5) is 11.4. The second-order valence-electron chi connectivity index (χ2n) is 5.86. The summed E-state index contributed by atoms with van der Waals surface area (Å²) in [7, 11) is 0. The lowest BCUT2D eigenvalue weighted by atomic mass is 10.2. The van der Waals surface area contributed by atoms with Gasteiger partial charge in [-0.2, -0.15) is 13.2 Å². The molecule has 0 saturated heterocycles. The number of anilines is 1. The molecule has 0 spiro atoms. The summed E-state index contributed by atoms with van der Waals surface area (Å²) in [5.74, 6) is -1.98. The standard InChI is InChI=1S/C17H21F5N4/c1-3-25(4-2)7-8-26(6-5-17(20,21)22)16-12-9-13(18)14(19)10-15(12)23-11-24-16/h9-11H,3-8H2,1-2H3. The molecule has 9 heteroatoms. The minimum absolute atomic E-state index is 0.147. The molecule has 1 heterocycles. The van der Waals surface area contributed by atoms with Crippen LogP contribution in [0, 0.1) is 11.6 Å². The summed E-state index contributed by atoms with van der Waals surface area (Å²) < 4.78 is 65.2. The van der Waals surface area contributed by atoms with Gasteiger partial charge < -0.3 is 9.80 Å². The Morgan fingerprint density at radius 2 is 1.58 bits per heavy atom. The number of alkyl halides is 3. The highest BCUT2D eigenvalue weighted by atomic mass is 19.4. The second kappa shape index (κ2) is 8.57.